The first-order chi connectivity index (χ1) is 2.56. The zero-order valence-electron chi connectivity index (χ0n) is 3.86. The van der Waals surface area contributed by atoms with Crippen LogP contribution in [0.1, 0.15) is 0 Å². The van der Waals surface area contributed by atoms with Gasteiger partial charge in [0.1, 0.15) is 0 Å². The molecule has 1 nitrogen and oxygen atoms in total. The molecule has 0 aromatic carbocycles. The molecule has 36 valence electrons. The zero-order valence-corrected chi connectivity index (χ0v) is 7.47. The summed E-state index contributed by atoms with van der Waals surface area (Å²) in [4.78, 5) is 13.5. The van der Waals surface area contributed by atoms with E-state index in [0.29, 0.717) is 0 Å². The van der Waals surface area contributed by atoms with Gasteiger partial charge in [0.15, 0.2) is 0 Å². The van der Waals surface area contributed by atoms with Crippen LogP contribution in [0.3, 0.4) is 0 Å². The summed E-state index contributed by atoms with van der Waals surface area (Å²) >= 11 is -2.44. The minimum atomic E-state index is -2.44. The predicted molar refractivity (Wildman–Crippen MR) is 30.1 cm³/mol. The van der Waals surface area contributed by atoms with E-state index in [0.717, 1.165) is 4.30 Å². The summed E-state index contributed by atoms with van der Waals surface area (Å²) in [6, 6.07) is 0. The summed E-state index contributed by atoms with van der Waals surface area (Å²) in [6.07, 6.45) is 0. The van der Waals surface area contributed by atoms with Crippen molar-refractivity contribution in [1.29, 1.82) is 0 Å². The molecule has 0 atom stereocenters. The van der Waals surface area contributed by atoms with Crippen LogP contribution in [0.5, 0.6) is 0 Å². The van der Waals surface area contributed by atoms with Gasteiger partial charge < -0.3 is 0 Å². The molecule has 0 aromatic rings. The summed E-state index contributed by atoms with van der Waals surface area (Å²) in [6.45, 7) is 0. The molecule has 0 bridgehead atoms. The molecule has 0 saturated carbocycles. The van der Waals surface area contributed by atoms with E-state index in [4.69, 9.17) is 8.92 Å². The minimum absolute atomic E-state index is 0.913. The maximum atomic E-state index is 9.79. The Labute approximate surface area is 45.3 Å². The molecule has 0 aliphatic carbocycles. The molecule has 0 amide bonds. The average Bonchev–Trinajstić information content (AvgIpc) is 1.35. The van der Waals surface area contributed by atoms with Crippen LogP contribution in [-0.2, 0) is 4.79 Å². The van der Waals surface area contributed by atoms with E-state index in [2.05, 4.69) is 0 Å². The molecule has 0 aliphatic heterocycles. The fraction of sp³-hybridized carbons (Fsp3) is 0.667. The number of rotatable bonds is 1. The van der Waals surface area contributed by atoms with Crippen LogP contribution in [0.15, 0.2) is 0 Å². The first-order valence-corrected chi connectivity index (χ1v) is 12.7. The van der Waals surface area contributed by atoms with Gasteiger partial charge in [-0.2, -0.15) is 0 Å². The quantitative estimate of drug-likeness (QED) is 0.472. The molecule has 0 spiro atoms. The third kappa shape index (κ3) is 4.76. The summed E-state index contributed by atoms with van der Waals surface area (Å²) < 4.78 is 0.913. The van der Waals surface area contributed by atoms with Gasteiger partial charge in [-0.15, -0.1) is 0 Å². The van der Waals surface area contributed by atoms with Crippen LogP contribution < -0.4 is 0 Å². The second kappa shape index (κ2) is 2.17. The molecule has 0 N–H and O–H groups in total. The van der Waals surface area contributed by atoms with Gasteiger partial charge in [0.05, 0.1) is 0 Å². The van der Waals surface area contributed by atoms with Crippen LogP contribution in [0.2, 0.25) is 9.88 Å². The molecule has 0 saturated heterocycles. The van der Waals surface area contributed by atoms with Crippen molar-refractivity contribution in [3.05, 3.63) is 0 Å². The van der Waals surface area contributed by atoms with E-state index < -0.39 is 17.3 Å². The normalized spacial score (nSPS) is 11.2. The Kier molecular flexibility index (Phi) is 2.44. The molecule has 0 aliphatic rings. The number of hydrogen-bond acceptors (Lipinski definition) is 1. The Morgan fingerprint density at radius 2 is 1.83 bits per heavy atom. The van der Waals surface area contributed by atoms with E-state index >= 15 is 0 Å². The maximum absolute atomic E-state index is 9.79. The Morgan fingerprint density at radius 1 is 1.67 bits per heavy atom. The first-order valence-electron chi connectivity index (χ1n) is 1.71. The Hall–Kier alpha value is 0.759. The van der Waals surface area contributed by atoms with Crippen LogP contribution in [-0.4, -0.2) is 21.6 Å². The van der Waals surface area contributed by atoms with Crippen molar-refractivity contribution in [2.45, 2.75) is 9.88 Å². The second-order valence-corrected chi connectivity index (χ2v) is 17.8. The molecule has 0 fully saturated rings. The van der Waals surface area contributed by atoms with Crippen LogP contribution in [0.4, 0.5) is 0 Å². The van der Waals surface area contributed by atoms with E-state index in [1.54, 1.807) is 0 Å². The Morgan fingerprint density at radius 3 is 1.83 bits per heavy atom. The number of carbonyl (C=O) groups excluding carboxylic acids is 1. The molecule has 0 unspecified atom stereocenters. The topological polar surface area (TPSA) is 17.1 Å². The third-order valence-electron chi connectivity index (χ3n) is 0.280. The van der Waals surface area contributed by atoms with Gasteiger partial charge in [-0.05, 0) is 0 Å². The van der Waals surface area contributed by atoms with Gasteiger partial charge in [0.2, 0.25) is 0 Å². The molecule has 0 aromatic heterocycles. The van der Waals surface area contributed by atoms with Gasteiger partial charge in [0, 0.05) is 0 Å². The van der Waals surface area contributed by atoms with Gasteiger partial charge >= 0.3 is 45.1 Å². The van der Waals surface area contributed by atoms with Crippen molar-refractivity contribution >= 4 is 30.5 Å². The monoisotopic (exact) mass is 214 g/mol. The average molecular weight is 213 g/mol. The van der Waals surface area contributed by atoms with E-state index in [1.807, 2.05) is 9.88 Å². The zero-order chi connectivity index (χ0) is 5.21. The molecule has 0 heterocycles. The second-order valence-electron chi connectivity index (χ2n) is 1.68. The van der Waals surface area contributed by atoms with Gasteiger partial charge in [-0.3, -0.25) is 0 Å². The van der Waals surface area contributed by atoms with Crippen molar-refractivity contribution in [3.8, 4) is 0 Å². The standard InChI is InChI=1S/CHO.2CH3.ClH.Sn/c1-2;;;;/h1H;2*1H3;1H;/q;;;;+1/p-1. The fourth-order valence-electron chi connectivity index (χ4n) is 0. The molecule has 0 radical (unpaired) electrons. The molecule has 0 rings (SSSR count). The SMILES string of the molecule is [CH3][Sn]([CH3])([Cl])[CH]=O. The first kappa shape index (κ1) is 6.76. The molecular formula is C3H7ClOSn. The Bertz CT molecular complexity index is 56.3. The van der Waals surface area contributed by atoms with Crippen molar-refractivity contribution in [2.24, 2.45) is 0 Å². The van der Waals surface area contributed by atoms with Gasteiger partial charge in [-0.1, -0.05) is 0 Å². The van der Waals surface area contributed by atoms with Gasteiger partial charge in [-0.25, -0.2) is 0 Å². The predicted octanol–water partition coefficient (Wildman–Crippen LogP) is 1.20. The fourth-order valence-corrected chi connectivity index (χ4v) is 0. The van der Waals surface area contributed by atoms with Crippen molar-refractivity contribution in [1.82, 2.24) is 0 Å². The molecular weight excluding hydrogens is 206 g/mol. The number of halogens is 1. The van der Waals surface area contributed by atoms with Crippen molar-refractivity contribution in [3.63, 3.8) is 0 Å². The number of hydrogen-bond donors (Lipinski definition) is 0. The summed E-state index contributed by atoms with van der Waals surface area (Å²) in [5.41, 5.74) is 0. The van der Waals surface area contributed by atoms with Gasteiger partial charge in [0.25, 0.3) is 0 Å². The van der Waals surface area contributed by atoms with Crippen LogP contribution in [0.25, 0.3) is 0 Å². The van der Waals surface area contributed by atoms with Crippen molar-refractivity contribution in [2.75, 3.05) is 0 Å². The Balaban J connectivity index is 3.45. The van der Waals surface area contributed by atoms with E-state index in [9.17, 15) is 4.79 Å². The van der Waals surface area contributed by atoms with Crippen LogP contribution >= 0.6 is 8.92 Å². The summed E-state index contributed by atoms with van der Waals surface area (Å²) in [5.74, 6) is 0. The van der Waals surface area contributed by atoms with Crippen LogP contribution in [0, 0.1) is 0 Å². The van der Waals surface area contributed by atoms with E-state index in [-0.39, 0.29) is 0 Å². The molecule has 6 heavy (non-hydrogen) atoms. The summed E-state index contributed by atoms with van der Waals surface area (Å²) in [5, 5.41) is 0. The van der Waals surface area contributed by atoms with E-state index in [1.165, 1.54) is 0 Å². The third-order valence-corrected chi connectivity index (χ3v) is 2.48. The molecule has 3 heteroatoms. The summed E-state index contributed by atoms with van der Waals surface area (Å²) in [7, 11) is 5.56. The number of carbonyl (C=O) groups is 1. The van der Waals surface area contributed by atoms with Crippen molar-refractivity contribution < 1.29 is 4.79 Å².